The van der Waals surface area contributed by atoms with Gasteiger partial charge in [-0.1, -0.05) is 26.0 Å². The molecule has 1 unspecified atom stereocenters. The minimum Gasteiger partial charge on any atom is -0.508 e. The lowest BCUT2D eigenvalue weighted by Gasteiger charge is -2.27. The van der Waals surface area contributed by atoms with E-state index >= 15 is 0 Å². The minimum atomic E-state index is 0.420. The van der Waals surface area contributed by atoms with E-state index in [0.717, 1.165) is 31.6 Å². The maximum absolute atomic E-state index is 9.74. The highest BCUT2D eigenvalue weighted by Gasteiger charge is 2.19. The van der Waals surface area contributed by atoms with Gasteiger partial charge in [-0.15, -0.1) is 0 Å². The first-order valence-corrected chi connectivity index (χ1v) is 6.40. The largest absolute Gasteiger partial charge is 0.508 e. The Labute approximate surface area is 103 Å². The molecule has 0 saturated carbocycles. The molecule has 17 heavy (non-hydrogen) atoms. The SMILES string of the molecule is CC(C)CNCC1Cc2cccc(O)c2CN1. The summed E-state index contributed by atoms with van der Waals surface area (Å²) in [6.07, 6.45) is 0.995. The number of aromatic hydroxyl groups is 1. The molecule has 0 spiro atoms. The Kier molecular flexibility index (Phi) is 4.02. The topological polar surface area (TPSA) is 44.3 Å². The van der Waals surface area contributed by atoms with Crippen molar-refractivity contribution in [1.82, 2.24) is 10.6 Å². The number of fused-ring (bicyclic) bond motifs is 1. The summed E-state index contributed by atoms with van der Waals surface area (Å²) in [5.74, 6) is 1.11. The molecule has 3 N–H and O–H groups in total. The van der Waals surface area contributed by atoms with Crippen LogP contribution in [0.15, 0.2) is 18.2 Å². The average molecular weight is 234 g/mol. The highest BCUT2D eigenvalue weighted by atomic mass is 16.3. The molecule has 3 heteroatoms. The Morgan fingerprint density at radius 1 is 1.47 bits per heavy atom. The van der Waals surface area contributed by atoms with Gasteiger partial charge in [0.1, 0.15) is 5.75 Å². The van der Waals surface area contributed by atoms with Crippen molar-refractivity contribution in [3.63, 3.8) is 0 Å². The molecular formula is C14H22N2O. The van der Waals surface area contributed by atoms with Crippen LogP contribution in [0.3, 0.4) is 0 Å². The third-order valence-corrected chi connectivity index (χ3v) is 3.23. The molecule has 1 aliphatic heterocycles. The predicted molar refractivity (Wildman–Crippen MR) is 70.1 cm³/mol. The van der Waals surface area contributed by atoms with Gasteiger partial charge in [0.25, 0.3) is 0 Å². The van der Waals surface area contributed by atoms with Gasteiger partial charge in [0.15, 0.2) is 0 Å². The average Bonchev–Trinajstić information content (AvgIpc) is 2.29. The summed E-state index contributed by atoms with van der Waals surface area (Å²) in [6.45, 7) is 7.26. The van der Waals surface area contributed by atoms with E-state index in [0.29, 0.717) is 17.7 Å². The first-order valence-electron chi connectivity index (χ1n) is 6.40. The Bertz CT molecular complexity index is 376. The van der Waals surface area contributed by atoms with E-state index in [2.05, 4.69) is 30.5 Å². The molecule has 0 amide bonds. The zero-order chi connectivity index (χ0) is 12.3. The molecule has 1 atom stereocenters. The standard InChI is InChI=1S/C14H22N2O/c1-10(2)7-15-8-12-6-11-4-3-5-14(17)13(11)9-16-12/h3-5,10,12,15-17H,6-9H2,1-2H3. The van der Waals surface area contributed by atoms with E-state index in [1.807, 2.05) is 6.07 Å². The Balaban J connectivity index is 1.90. The minimum absolute atomic E-state index is 0.420. The molecule has 0 fully saturated rings. The van der Waals surface area contributed by atoms with Crippen molar-refractivity contribution in [3.05, 3.63) is 29.3 Å². The number of hydrogen-bond acceptors (Lipinski definition) is 3. The monoisotopic (exact) mass is 234 g/mol. The number of nitrogens with one attached hydrogen (secondary N) is 2. The normalized spacial score (nSPS) is 19.4. The van der Waals surface area contributed by atoms with Gasteiger partial charge in [-0.05, 0) is 30.5 Å². The number of hydrogen-bond donors (Lipinski definition) is 3. The van der Waals surface area contributed by atoms with Gasteiger partial charge in [-0.2, -0.15) is 0 Å². The highest BCUT2D eigenvalue weighted by Crippen LogP contribution is 2.24. The molecule has 2 rings (SSSR count). The van der Waals surface area contributed by atoms with Crippen LogP contribution >= 0.6 is 0 Å². The maximum atomic E-state index is 9.74. The van der Waals surface area contributed by atoms with E-state index in [9.17, 15) is 5.11 Å². The van der Waals surface area contributed by atoms with Crippen molar-refractivity contribution in [2.75, 3.05) is 13.1 Å². The first-order chi connectivity index (χ1) is 8.16. The fraction of sp³-hybridized carbons (Fsp3) is 0.571. The van der Waals surface area contributed by atoms with Gasteiger partial charge in [-0.3, -0.25) is 0 Å². The Morgan fingerprint density at radius 3 is 3.06 bits per heavy atom. The van der Waals surface area contributed by atoms with E-state index in [1.165, 1.54) is 5.56 Å². The fourth-order valence-electron chi connectivity index (χ4n) is 2.29. The molecule has 1 aromatic rings. The molecule has 0 saturated heterocycles. The van der Waals surface area contributed by atoms with Crippen molar-refractivity contribution in [3.8, 4) is 5.75 Å². The van der Waals surface area contributed by atoms with Crippen molar-refractivity contribution in [2.24, 2.45) is 5.92 Å². The summed E-state index contributed by atoms with van der Waals surface area (Å²) in [4.78, 5) is 0. The highest BCUT2D eigenvalue weighted by molar-refractivity contribution is 5.41. The molecule has 1 heterocycles. The summed E-state index contributed by atoms with van der Waals surface area (Å²) < 4.78 is 0. The fourth-order valence-corrected chi connectivity index (χ4v) is 2.29. The molecule has 1 aromatic carbocycles. The number of phenolic OH excluding ortho intramolecular Hbond substituents is 1. The molecule has 0 bridgehead atoms. The van der Waals surface area contributed by atoms with E-state index in [1.54, 1.807) is 6.07 Å². The van der Waals surface area contributed by atoms with Crippen LogP contribution in [0.2, 0.25) is 0 Å². The molecular weight excluding hydrogens is 212 g/mol. The summed E-state index contributed by atoms with van der Waals surface area (Å²) in [5, 5.41) is 16.7. The van der Waals surface area contributed by atoms with Gasteiger partial charge >= 0.3 is 0 Å². The predicted octanol–water partition coefficient (Wildman–Crippen LogP) is 1.65. The summed E-state index contributed by atoms with van der Waals surface area (Å²) in [5.41, 5.74) is 2.34. The van der Waals surface area contributed by atoms with Crippen molar-refractivity contribution in [2.45, 2.75) is 32.9 Å². The zero-order valence-electron chi connectivity index (χ0n) is 10.7. The van der Waals surface area contributed by atoms with E-state index in [4.69, 9.17) is 0 Å². The summed E-state index contributed by atoms with van der Waals surface area (Å²) in [7, 11) is 0. The first kappa shape index (κ1) is 12.4. The second-order valence-electron chi connectivity index (χ2n) is 5.25. The molecule has 0 radical (unpaired) electrons. The third kappa shape index (κ3) is 3.20. The molecule has 3 nitrogen and oxygen atoms in total. The van der Waals surface area contributed by atoms with Crippen LogP contribution in [-0.2, 0) is 13.0 Å². The number of benzene rings is 1. The number of rotatable bonds is 4. The van der Waals surface area contributed by atoms with Crippen LogP contribution in [0.25, 0.3) is 0 Å². The Morgan fingerprint density at radius 2 is 2.29 bits per heavy atom. The molecule has 0 aliphatic carbocycles. The summed E-state index contributed by atoms with van der Waals surface area (Å²) >= 11 is 0. The summed E-state index contributed by atoms with van der Waals surface area (Å²) in [6, 6.07) is 6.28. The number of phenols is 1. The van der Waals surface area contributed by atoms with Crippen LogP contribution < -0.4 is 10.6 Å². The van der Waals surface area contributed by atoms with E-state index < -0.39 is 0 Å². The molecule has 0 aromatic heterocycles. The molecule has 1 aliphatic rings. The van der Waals surface area contributed by atoms with Crippen LogP contribution in [0.4, 0.5) is 0 Å². The van der Waals surface area contributed by atoms with Crippen molar-refractivity contribution in [1.29, 1.82) is 0 Å². The van der Waals surface area contributed by atoms with Crippen LogP contribution in [0, 0.1) is 5.92 Å². The zero-order valence-corrected chi connectivity index (χ0v) is 10.7. The lowest BCUT2D eigenvalue weighted by atomic mass is 9.95. The van der Waals surface area contributed by atoms with Gasteiger partial charge in [0, 0.05) is 24.7 Å². The quantitative estimate of drug-likeness (QED) is 0.742. The lowest BCUT2D eigenvalue weighted by molar-refractivity contribution is 0.413. The van der Waals surface area contributed by atoms with E-state index in [-0.39, 0.29) is 0 Å². The Hall–Kier alpha value is -1.06. The second-order valence-corrected chi connectivity index (χ2v) is 5.25. The maximum Gasteiger partial charge on any atom is 0.120 e. The van der Waals surface area contributed by atoms with Gasteiger partial charge in [-0.25, -0.2) is 0 Å². The van der Waals surface area contributed by atoms with Gasteiger partial charge < -0.3 is 15.7 Å². The van der Waals surface area contributed by atoms with Crippen molar-refractivity contribution >= 4 is 0 Å². The molecule has 94 valence electrons. The van der Waals surface area contributed by atoms with Crippen LogP contribution in [-0.4, -0.2) is 24.2 Å². The smallest absolute Gasteiger partial charge is 0.120 e. The van der Waals surface area contributed by atoms with Crippen LogP contribution in [0.5, 0.6) is 5.75 Å². The van der Waals surface area contributed by atoms with Crippen LogP contribution in [0.1, 0.15) is 25.0 Å². The second kappa shape index (κ2) is 5.52. The third-order valence-electron chi connectivity index (χ3n) is 3.23. The van der Waals surface area contributed by atoms with Gasteiger partial charge in [0.05, 0.1) is 0 Å². The van der Waals surface area contributed by atoms with Gasteiger partial charge in [0.2, 0.25) is 0 Å². The van der Waals surface area contributed by atoms with Crippen molar-refractivity contribution < 1.29 is 5.11 Å². The lowest BCUT2D eigenvalue weighted by Crippen LogP contribution is -2.43.